The van der Waals surface area contributed by atoms with E-state index in [1.165, 1.54) is 25.7 Å². The zero-order valence-electron chi connectivity index (χ0n) is 12.4. The van der Waals surface area contributed by atoms with E-state index >= 15 is 0 Å². The number of hydrogen-bond acceptors (Lipinski definition) is 2. The Kier molecular flexibility index (Phi) is 4.08. The molecule has 2 aliphatic carbocycles. The molecular formula is C16H31NO. The predicted octanol–water partition coefficient (Wildman–Crippen LogP) is 3.33. The van der Waals surface area contributed by atoms with Crippen molar-refractivity contribution < 1.29 is 5.11 Å². The second-order valence-corrected chi connectivity index (χ2v) is 7.08. The summed E-state index contributed by atoms with van der Waals surface area (Å²) < 4.78 is 0. The van der Waals surface area contributed by atoms with Crippen molar-refractivity contribution in [2.45, 2.75) is 71.3 Å². The van der Waals surface area contributed by atoms with Gasteiger partial charge in [-0.15, -0.1) is 0 Å². The molecule has 2 nitrogen and oxygen atoms in total. The number of hydrogen-bond donors (Lipinski definition) is 2. The van der Waals surface area contributed by atoms with Crippen molar-refractivity contribution in [3.05, 3.63) is 0 Å². The Labute approximate surface area is 112 Å². The lowest BCUT2D eigenvalue weighted by molar-refractivity contribution is -0.153. The molecule has 2 saturated carbocycles. The fourth-order valence-electron chi connectivity index (χ4n) is 4.73. The first-order valence-corrected chi connectivity index (χ1v) is 7.91. The van der Waals surface area contributed by atoms with E-state index in [-0.39, 0.29) is 5.41 Å². The molecule has 18 heavy (non-hydrogen) atoms. The molecule has 2 fully saturated rings. The van der Waals surface area contributed by atoms with Crippen molar-refractivity contribution in [1.82, 2.24) is 0 Å². The molecular weight excluding hydrogens is 222 g/mol. The third kappa shape index (κ3) is 2.02. The van der Waals surface area contributed by atoms with Crippen molar-refractivity contribution in [2.75, 3.05) is 6.54 Å². The summed E-state index contributed by atoms with van der Waals surface area (Å²) in [6.07, 6.45) is 8.18. The second-order valence-electron chi connectivity index (χ2n) is 7.08. The van der Waals surface area contributed by atoms with Crippen molar-refractivity contribution >= 4 is 0 Å². The molecule has 0 aliphatic heterocycles. The summed E-state index contributed by atoms with van der Waals surface area (Å²) in [6, 6.07) is 0. The SMILES string of the molecule is CCC1CCC(CN)(C2(O)CCCC(C)C2C)C1. The third-order valence-corrected chi connectivity index (χ3v) is 6.42. The summed E-state index contributed by atoms with van der Waals surface area (Å²) in [5.41, 5.74) is 5.64. The van der Waals surface area contributed by atoms with E-state index in [0.29, 0.717) is 18.4 Å². The Morgan fingerprint density at radius 2 is 1.94 bits per heavy atom. The molecule has 106 valence electrons. The van der Waals surface area contributed by atoms with Crippen LogP contribution in [0.4, 0.5) is 0 Å². The van der Waals surface area contributed by atoms with Gasteiger partial charge in [-0.05, 0) is 43.4 Å². The van der Waals surface area contributed by atoms with Gasteiger partial charge in [0.15, 0.2) is 0 Å². The number of rotatable bonds is 3. The van der Waals surface area contributed by atoms with Crippen molar-refractivity contribution in [2.24, 2.45) is 28.9 Å². The van der Waals surface area contributed by atoms with E-state index in [9.17, 15) is 5.11 Å². The Morgan fingerprint density at radius 3 is 2.50 bits per heavy atom. The van der Waals surface area contributed by atoms with Gasteiger partial charge in [-0.25, -0.2) is 0 Å². The van der Waals surface area contributed by atoms with Gasteiger partial charge in [-0.2, -0.15) is 0 Å². The topological polar surface area (TPSA) is 46.2 Å². The summed E-state index contributed by atoms with van der Waals surface area (Å²) in [7, 11) is 0. The van der Waals surface area contributed by atoms with Gasteiger partial charge >= 0.3 is 0 Å². The molecule has 0 bridgehead atoms. The highest BCUT2D eigenvalue weighted by atomic mass is 16.3. The number of aliphatic hydroxyl groups is 1. The smallest absolute Gasteiger partial charge is 0.0743 e. The monoisotopic (exact) mass is 253 g/mol. The summed E-state index contributed by atoms with van der Waals surface area (Å²) in [5, 5.41) is 11.4. The Bertz CT molecular complexity index is 293. The van der Waals surface area contributed by atoms with E-state index in [2.05, 4.69) is 20.8 Å². The summed E-state index contributed by atoms with van der Waals surface area (Å²) >= 11 is 0. The largest absolute Gasteiger partial charge is 0.389 e. The average molecular weight is 253 g/mol. The van der Waals surface area contributed by atoms with Crippen LogP contribution in [0.3, 0.4) is 0 Å². The first kappa shape index (κ1) is 14.3. The first-order valence-electron chi connectivity index (χ1n) is 7.91. The highest BCUT2D eigenvalue weighted by Crippen LogP contribution is 2.56. The highest BCUT2D eigenvalue weighted by Gasteiger charge is 2.56. The van der Waals surface area contributed by atoms with Gasteiger partial charge in [0.25, 0.3) is 0 Å². The minimum absolute atomic E-state index is 0.00176. The lowest BCUT2D eigenvalue weighted by Gasteiger charge is -2.53. The third-order valence-electron chi connectivity index (χ3n) is 6.42. The van der Waals surface area contributed by atoms with Crippen molar-refractivity contribution in [3.8, 4) is 0 Å². The molecule has 0 aromatic rings. The molecule has 0 radical (unpaired) electrons. The maximum absolute atomic E-state index is 11.4. The van der Waals surface area contributed by atoms with Gasteiger partial charge < -0.3 is 10.8 Å². The molecule has 2 rings (SSSR count). The van der Waals surface area contributed by atoms with E-state index < -0.39 is 5.60 Å². The van der Waals surface area contributed by atoms with Crippen LogP contribution in [0.25, 0.3) is 0 Å². The van der Waals surface area contributed by atoms with Crippen LogP contribution in [0, 0.1) is 23.2 Å². The van der Waals surface area contributed by atoms with Crippen LogP contribution in [-0.4, -0.2) is 17.3 Å². The zero-order chi connectivity index (χ0) is 13.4. The zero-order valence-corrected chi connectivity index (χ0v) is 12.4. The van der Waals surface area contributed by atoms with Gasteiger partial charge in [0.1, 0.15) is 0 Å². The molecule has 2 aliphatic rings. The summed E-state index contributed by atoms with van der Waals surface area (Å²) in [4.78, 5) is 0. The Balaban J connectivity index is 2.25. The van der Waals surface area contributed by atoms with E-state index in [1.807, 2.05) is 0 Å². The van der Waals surface area contributed by atoms with Crippen molar-refractivity contribution in [3.63, 3.8) is 0 Å². The summed E-state index contributed by atoms with van der Waals surface area (Å²) in [5.74, 6) is 1.81. The quantitative estimate of drug-likeness (QED) is 0.810. The predicted molar refractivity (Wildman–Crippen MR) is 76.2 cm³/mol. The molecule has 0 saturated heterocycles. The van der Waals surface area contributed by atoms with Gasteiger partial charge in [-0.1, -0.05) is 40.0 Å². The molecule has 2 heteroatoms. The maximum Gasteiger partial charge on any atom is 0.0743 e. The highest BCUT2D eigenvalue weighted by molar-refractivity contribution is 5.08. The van der Waals surface area contributed by atoms with Gasteiger partial charge in [0.2, 0.25) is 0 Å². The molecule has 0 aromatic heterocycles. The van der Waals surface area contributed by atoms with Crippen LogP contribution in [0.15, 0.2) is 0 Å². The molecule has 0 spiro atoms. The first-order chi connectivity index (χ1) is 8.49. The lowest BCUT2D eigenvalue weighted by atomic mass is 9.57. The van der Waals surface area contributed by atoms with Gasteiger partial charge in [0, 0.05) is 12.0 Å². The van der Waals surface area contributed by atoms with Crippen molar-refractivity contribution in [1.29, 1.82) is 0 Å². The fraction of sp³-hybridized carbons (Fsp3) is 1.00. The van der Waals surface area contributed by atoms with E-state index in [0.717, 1.165) is 25.2 Å². The molecule has 0 aromatic carbocycles. The Morgan fingerprint density at radius 1 is 1.22 bits per heavy atom. The Hall–Kier alpha value is -0.0800. The number of nitrogens with two attached hydrogens (primary N) is 1. The second kappa shape index (κ2) is 5.13. The van der Waals surface area contributed by atoms with Crippen LogP contribution < -0.4 is 5.73 Å². The average Bonchev–Trinajstić information content (AvgIpc) is 2.81. The van der Waals surface area contributed by atoms with Crippen LogP contribution in [0.2, 0.25) is 0 Å². The molecule has 5 atom stereocenters. The fourth-order valence-corrected chi connectivity index (χ4v) is 4.73. The normalized spacial score (nSPS) is 49.5. The molecule has 3 N–H and O–H groups in total. The van der Waals surface area contributed by atoms with Crippen LogP contribution >= 0.6 is 0 Å². The maximum atomic E-state index is 11.4. The molecule has 0 amide bonds. The van der Waals surface area contributed by atoms with E-state index in [1.54, 1.807) is 0 Å². The molecule has 5 unspecified atom stereocenters. The van der Waals surface area contributed by atoms with Gasteiger partial charge in [-0.3, -0.25) is 0 Å². The van der Waals surface area contributed by atoms with Crippen LogP contribution in [0.5, 0.6) is 0 Å². The van der Waals surface area contributed by atoms with E-state index in [4.69, 9.17) is 5.73 Å². The van der Waals surface area contributed by atoms with Crippen LogP contribution in [0.1, 0.15) is 65.7 Å². The lowest BCUT2D eigenvalue weighted by Crippen LogP contribution is -2.58. The minimum atomic E-state index is -0.511. The van der Waals surface area contributed by atoms with Crippen LogP contribution in [-0.2, 0) is 0 Å². The summed E-state index contributed by atoms with van der Waals surface area (Å²) in [6.45, 7) is 7.48. The molecule has 0 heterocycles. The minimum Gasteiger partial charge on any atom is -0.389 e. The standard InChI is InChI=1S/C16H31NO/c1-4-14-7-9-15(10-14,11-17)16(18)8-5-6-12(2)13(16)3/h12-14,18H,4-11,17H2,1-3H3. The van der Waals surface area contributed by atoms with Gasteiger partial charge in [0.05, 0.1) is 5.60 Å².